The summed E-state index contributed by atoms with van der Waals surface area (Å²) in [5.74, 6) is 0.208. The van der Waals surface area contributed by atoms with Crippen molar-refractivity contribution in [1.82, 2.24) is 4.98 Å². The predicted octanol–water partition coefficient (Wildman–Crippen LogP) is 3.68. The van der Waals surface area contributed by atoms with E-state index in [1.54, 1.807) is 0 Å². The van der Waals surface area contributed by atoms with Crippen LogP contribution < -0.4 is 0 Å². The molecule has 0 spiro atoms. The molecule has 1 aromatic heterocycles. The molecule has 0 atom stereocenters. The second-order valence-electron chi connectivity index (χ2n) is 5.29. The average molecular weight is 239 g/mol. The summed E-state index contributed by atoms with van der Waals surface area (Å²) in [5, 5.41) is 1.20. The molecule has 0 saturated heterocycles. The second kappa shape index (κ2) is 3.91. The molecule has 0 radical (unpaired) electrons. The number of rotatable bonds is 0. The molecule has 1 aromatic carbocycles. The number of carbonyl (C=O) groups is 1. The van der Waals surface area contributed by atoms with Crippen LogP contribution in [-0.4, -0.2) is 10.8 Å². The summed E-state index contributed by atoms with van der Waals surface area (Å²) >= 11 is 0. The SMILES string of the molecule is Cc1cc2nc3c(c(C)c2cc1C)CCCC3=O. The van der Waals surface area contributed by atoms with Gasteiger partial charge in [0.1, 0.15) is 5.69 Å². The van der Waals surface area contributed by atoms with E-state index in [9.17, 15) is 4.79 Å². The van der Waals surface area contributed by atoms with Gasteiger partial charge in [-0.2, -0.15) is 0 Å². The molecule has 0 fully saturated rings. The molecule has 3 rings (SSSR count). The lowest BCUT2D eigenvalue weighted by atomic mass is 9.89. The van der Waals surface area contributed by atoms with Crippen molar-refractivity contribution < 1.29 is 4.79 Å². The number of carbonyl (C=O) groups excluding carboxylic acids is 1. The van der Waals surface area contributed by atoms with E-state index in [0.717, 1.165) is 24.1 Å². The minimum atomic E-state index is 0.208. The van der Waals surface area contributed by atoms with Gasteiger partial charge in [-0.15, -0.1) is 0 Å². The highest BCUT2D eigenvalue weighted by Crippen LogP contribution is 2.29. The van der Waals surface area contributed by atoms with Gasteiger partial charge >= 0.3 is 0 Å². The molecule has 0 saturated carbocycles. The molecule has 0 N–H and O–H groups in total. The average Bonchev–Trinajstić information content (AvgIpc) is 2.34. The van der Waals surface area contributed by atoms with Crippen LogP contribution in [0.1, 0.15) is 45.6 Å². The third-order valence-electron chi connectivity index (χ3n) is 4.08. The number of aryl methyl sites for hydroxylation is 3. The van der Waals surface area contributed by atoms with E-state index in [0.29, 0.717) is 6.42 Å². The summed E-state index contributed by atoms with van der Waals surface area (Å²) < 4.78 is 0. The van der Waals surface area contributed by atoms with Gasteiger partial charge in [-0.1, -0.05) is 0 Å². The molecule has 2 heteroatoms. The van der Waals surface area contributed by atoms with Crippen LogP contribution in [0.15, 0.2) is 12.1 Å². The Balaban J connectivity index is 2.40. The van der Waals surface area contributed by atoms with Crippen LogP contribution in [-0.2, 0) is 6.42 Å². The predicted molar refractivity (Wildman–Crippen MR) is 73.2 cm³/mol. The molecule has 1 aliphatic rings. The molecule has 92 valence electrons. The summed E-state index contributed by atoms with van der Waals surface area (Å²) in [5.41, 5.74) is 6.61. The molecule has 0 unspecified atom stereocenters. The number of Topliss-reactive ketones (excluding diaryl/α,β-unsaturated/α-hetero) is 1. The van der Waals surface area contributed by atoms with E-state index in [4.69, 9.17) is 0 Å². The van der Waals surface area contributed by atoms with E-state index in [2.05, 4.69) is 37.9 Å². The van der Waals surface area contributed by atoms with Gasteiger partial charge in [0.05, 0.1) is 5.52 Å². The van der Waals surface area contributed by atoms with Gasteiger partial charge in [-0.3, -0.25) is 4.79 Å². The van der Waals surface area contributed by atoms with Gasteiger partial charge in [0, 0.05) is 11.8 Å². The topological polar surface area (TPSA) is 30.0 Å². The number of hydrogen-bond acceptors (Lipinski definition) is 2. The number of nitrogens with zero attached hydrogens (tertiary/aromatic N) is 1. The van der Waals surface area contributed by atoms with Crippen molar-refractivity contribution in [2.75, 3.05) is 0 Å². The van der Waals surface area contributed by atoms with Crippen LogP contribution in [0.5, 0.6) is 0 Å². The van der Waals surface area contributed by atoms with Gasteiger partial charge in [0.25, 0.3) is 0 Å². The van der Waals surface area contributed by atoms with E-state index in [-0.39, 0.29) is 5.78 Å². The smallest absolute Gasteiger partial charge is 0.181 e. The Morgan fingerprint density at radius 3 is 2.56 bits per heavy atom. The van der Waals surface area contributed by atoms with Gasteiger partial charge in [-0.25, -0.2) is 4.98 Å². The number of ketones is 1. The zero-order valence-corrected chi connectivity index (χ0v) is 11.1. The molecule has 0 aliphatic heterocycles. The van der Waals surface area contributed by atoms with Crippen molar-refractivity contribution in [3.63, 3.8) is 0 Å². The van der Waals surface area contributed by atoms with E-state index < -0.39 is 0 Å². The maximum atomic E-state index is 12.0. The van der Waals surface area contributed by atoms with Crippen LogP contribution in [0, 0.1) is 20.8 Å². The molecule has 18 heavy (non-hydrogen) atoms. The Hall–Kier alpha value is -1.70. The Morgan fingerprint density at radius 2 is 1.78 bits per heavy atom. The Labute approximate surface area is 107 Å². The van der Waals surface area contributed by atoms with Crippen molar-refractivity contribution in [2.45, 2.75) is 40.0 Å². The monoisotopic (exact) mass is 239 g/mol. The molecule has 2 nitrogen and oxygen atoms in total. The summed E-state index contributed by atoms with van der Waals surface area (Å²) in [6, 6.07) is 4.30. The lowest BCUT2D eigenvalue weighted by molar-refractivity contribution is 0.0967. The molecular formula is C16H17NO. The Kier molecular flexibility index (Phi) is 2.47. The molecule has 1 aliphatic carbocycles. The quantitative estimate of drug-likeness (QED) is 0.702. The first kappa shape index (κ1) is 11.4. The van der Waals surface area contributed by atoms with Crippen LogP contribution >= 0.6 is 0 Å². The largest absolute Gasteiger partial charge is 0.292 e. The number of fused-ring (bicyclic) bond motifs is 2. The minimum absolute atomic E-state index is 0.208. The first-order valence-electron chi connectivity index (χ1n) is 6.51. The van der Waals surface area contributed by atoms with Gasteiger partial charge in [0.15, 0.2) is 5.78 Å². The van der Waals surface area contributed by atoms with Crippen LogP contribution in [0.3, 0.4) is 0 Å². The summed E-state index contributed by atoms with van der Waals surface area (Å²) in [6.45, 7) is 6.34. The summed E-state index contributed by atoms with van der Waals surface area (Å²) in [7, 11) is 0. The van der Waals surface area contributed by atoms with Crippen molar-refractivity contribution in [3.8, 4) is 0 Å². The zero-order valence-electron chi connectivity index (χ0n) is 11.1. The summed E-state index contributed by atoms with van der Waals surface area (Å²) in [4.78, 5) is 16.6. The number of benzene rings is 1. The van der Waals surface area contributed by atoms with Crippen LogP contribution in [0.25, 0.3) is 10.9 Å². The maximum absolute atomic E-state index is 12.0. The number of hydrogen-bond donors (Lipinski definition) is 0. The van der Waals surface area contributed by atoms with E-state index >= 15 is 0 Å². The second-order valence-corrected chi connectivity index (χ2v) is 5.29. The standard InChI is InChI=1S/C16H17NO/c1-9-7-13-11(3)12-5-4-6-15(18)16(12)17-14(13)8-10(9)2/h7-8H,4-6H2,1-3H3. The van der Waals surface area contributed by atoms with E-state index in [1.807, 2.05) is 0 Å². The Bertz CT molecular complexity index is 671. The van der Waals surface area contributed by atoms with Gasteiger partial charge in [0.2, 0.25) is 0 Å². The lowest BCUT2D eigenvalue weighted by Crippen LogP contribution is -2.15. The summed E-state index contributed by atoms with van der Waals surface area (Å²) in [6.07, 6.45) is 2.60. The highest BCUT2D eigenvalue weighted by molar-refractivity contribution is 6.00. The fraction of sp³-hybridized carbons (Fsp3) is 0.375. The fourth-order valence-corrected chi connectivity index (χ4v) is 2.80. The van der Waals surface area contributed by atoms with Crippen molar-refractivity contribution in [1.29, 1.82) is 0 Å². The number of aromatic nitrogens is 1. The van der Waals surface area contributed by atoms with Crippen molar-refractivity contribution in [2.24, 2.45) is 0 Å². The lowest BCUT2D eigenvalue weighted by Gasteiger charge is -2.18. The third-order valence-corrected chi connectivity index (χ3v) is 4.08. The molecule has 2 aromatic rings. The van der Waals surface area contributed by atoms with Crippen LogP contribution in [0.2, 0.25) is 0 Å². The number of pyridine rings is 1. The minimum Gasteiger partial charge on any atom is -0.292 e. The molecule has 0 bridgehead atoms. The Morgan fingerprint density at radius 1 is 1.06 bits per heavy atom. The third kappa shape index (κ3) is 1.56. The fourth-order valence-electron chi connectivity index (χ4n) is 2.80. The van der Waals surface area contributed by atoms with Gasteiger partial charge < -0.3 is 0 Å². The van der Waals surface area contributed by atoms with Crippen molar-refractivity contribution >= 4 is 16.7 Å². The highest BCUT2D eigenvalue weighted by atomic mass is 16.1. The molecular weight excluding hydrogens is 222 g/mol. The first-order chi connectivity index (χ1) is 8.58. The molecule has 0 amide bonds. The van der Waals surface area contributed by atoms with Crippen molar-refractivity contribution in [3.05, 3.63) is 40.1 Å². The first-order valence-corrected chi connectivity index (χ1v) is 6.51. The van der Waals surface area contributed by atoms with Gasteiger partial charge in [-0.05, 0) is 68.0 Å². The zero-order chi connectivity index (χ0) is 12.9. The maximum Gasteiger partial charge on any atom is 0.181 e. The molecule has 1 heterocycles. The van der Waals surface area contributed by atoms with E-state index in [1.165, 1.54) is 27.6 Å². The highest BCUT2D eigenvalue weighted by Gasteiger charge is 2.22. The van der Waals surface area contributed by atoms with Crippen LogP contribution in [0.4, 0.5) is 0 Å². The normalized spacial score (nSPS) is 14.9.